The van der Waals surface area contributed by atoms with E-state index in [2.05, 4.69) is 15.0 Å². The molecule has 1 aromatic rings. The number of rotatable bonds is 5. The van der Waals surface area contributed by atoms with Gasteiger partial charge in [0.1, 0.15) is 0 Å². The van der Waals surface area contributed by atoms with Gasteiger partial charge in [-0.3, -0.25) is 4.98 Å². The summed E-state index contributed by atoms with van der Waals surface area (Å²) in [5, 5.41) is 13.1. The number of azide groups is 1. The number of nitrogens with zero attached hydrogens (tertiary/aromatic N) is 4. The van der Waals surface area contributed by atoms with Crippen LogP contribution in [0.25, 0.3) is 10.4 Å². The first kappa shape index (κ1) is 10.5. The third-order valence-electron chi connectivity index (χ3n) is 1.89. The Labute approximate surface area is 82.0 Å². The molecule has 1 heterocycles. The molecule has 0 saturated heterocycles. The van der Waals surface area contributed by atoms with Crippen LogP contribution >= 0.6 is 0 Å². The lowest BCUT2D eigenvalue weighted by Crippen LogP contribution is -1.98. The van der Waals surface area contributed by atoms with Crippen molar-refractivity contribution in [2.24, 2.45) is 5.11 Å². The highest BCUT2D eigenvalue weighted by molar-refractivity contribution is 5.12. The topological polar surface area (TPSA) is 81.9 Å². The molecule has 1 aromatic heterocycles. The molecular formula is C9H12N4O. The van der Waals surface area contributed by atoms with E-state index in [1.165, 1.54) is 0 Å². The SMILES string of the molecule is [N-]=[N+]=NCCCC(O)c1ccncc1. The smallest absolute Gasteiger partial charge is 0.0791 e. The molecule has 1 N–H and O–H groups in total. The monoisotopic (exact) mass is 192 g/mol. The molecule has 0 amide bonds. The van der Waals surface area contributed by atoms with Crippen LogP contribution in [0.4, 0.5) is 0 Å². The Hall–Kier alpha value is -1.58. The molecule has 1 unspecified atom stereocenters. The average molecular weight is 192 g/mol. The summed E-state index contributed by atoms with van der Waals surface area (Å²) in [5.41, 5.74) is 8.88. The second-order valence-corrected chi connectivity index (χ2v) is 2.89. The Morgan fingerprint density at radius 2 is 2.21 bits per heavy atom. The van der Waals surface area contributed by atoms with Crippen LogP contribution in [0.5, 0.6) is 0 Å². The molecule has 0 aliphatic carbocycles. The minimum atomic E-state index is -0.494. The first-order chi connectivity index (χ1) is 6.84. The van der Waals surface area contributed by atoms with E-state index in [0.29, 0.717) is 19.4 Å². The molecule has 0 radical (unpaired) electrons. The van der Waals surface area contributed by atoms with E-state index in [1.807, 2.05) is 0 Å². The highest BCUT2D eigenvalue weighted by Crippen LogP contribution is 2.16. The second kappa shape index (κ2) is 5.96. The Bertz CT molecular complexity index is 308. The predicted octanol–water partition coefficient (Wildman–Crippen LogP) is 2.21. The van der Waals surface area contributed by atoms with Crippen LogP contribution in [0.2, 0.25) is 0 Å². The fourth-order valence-corrected chi connectivity index (χ4v) is 1.15. The van der Waals surface area contributed by atoms with Crippen LogP contribution in [-0.2, 0) is 0 Å². The third-order valence-corrected chi connectivity index (χ3v) is 1.89. The second-order valence-electron chi connectivity index (χ2n) is 2.89. The number of pyridine rings is 1. The number of aromatic nitrogens is 1. The normalized spacial score (nSPS) is 11.8. The summed E-state index contributed by atoms with van der Waals surface area (Å²) >= 11 is 0. The van der Waals surface area contributed by atoms with Crippen LogP contribution in [-0.4, -0.2) is 16.6 Å². The van der Waals surface area contributed by atoms with E-state index in [-0.39, 0.29) is 0 Å². The van der Waals surface area contributed by atoms with E-state index in [0.717, 1.165) is 5.56 Å². The van der Waals surface area contributed by atoms with Crippen LogP contribution in [0, 0.1) is 0 Å². The van der Waals surface area contributed by atoms with Crippen molar-refractivity contribution in [2.45, 2.75) is 18.9 Å². The largest absolute Gasteiger partial charge is 0.388 e. The fraction of sp³-hybridized carbons (Fsp3) is 0.444. The molecule has 0 aromatic carbocycles. The maximum atomic E-state index is 9.66. The molecule has 74 valence electrons. The van der Waals surface area contributed by atoms with Crippen molar-refractivity contribution in [1.29, 1.82) is 0 Å². The molecule has 0 aliphatic rings. The molecule has 0 fully saturated rings. The number of hydrogen-bond acceptors (Lipinski definition) is 3. The summed E-state index contributed by atoms with van der Waals surface area (Å²) < 4.78 is 0. The summed E-state index contributed by atoms with van der Waals surface area (Å²) in [6.07, 6.45) is 4.08. The van der Waals surface area contributed by atoms with E-state index < -0.39 is 6.10 Å². The van der Waals surface area contributed by atoms with Crippen molar-refractivity contribution in [2.75, 3.05) is 6.54 Å². The van der Waals surface area contributed by atoms with Gasteiger partial charge in [-0.25, -0.2) is 0 Å². The lowest BCUT2D eigenvalue weighted by atomic mass is 10.1. The molecule has 1 atom stereocenters. The van der Waals surface area contributed by atoms with E-state index >= 15 is 0 Å². The van der Waals surface area contributed by atoms with Gasteiger partial charge in [-0.1, -0.05) is 5.11 Å². The third kappa shape index (κ3) is 3.43. The van der Waals surface area contributed by atoms with Crippen LogP contribution < -0.4 is 0 Å². The van der Waals surface area contributed by atoms with Crippen molar-refractivity contribution in [1.82, 2.24) is 4.98 Å². The van der Waals surface area contributed by atoms with Crippen molar-refractivity contribution in [3.8, 4) is 0 Å². The van der Waals surface area contributed by atoms with Gasteiger partial charge >= 0.3 is 0 Å². The minimum Gasteiger partial charge on any atom is -0.388 e. The molecule has 0 spiro atoms. The van der Waals surface area contributed by atoms with Gasteiger partial charge in [-0.15, -0.1) is 0 Å². The highest BCUT2D eigenvalue weighted by atomic mass is 16.3. The molecular weight excluding hydrogens is 180 g/mol. The van der Waals surface area contributed by atoms with Crippen molar-refractivity contribution in [3.63, 3.8) is 0 Å². The molecule has 0 saturated carbocycles. The first-order valence-corrected chi connectivity index (χ1v) is 4.43. The van der Waals surface area contributed by atoms with Crippen LogP contribution in [0.3, 0.4) is 0 Å². The van der Waals surface area contributed by atoms with E-state index in [9.17, 15) is 5.11 Å². The van der Waals surface area contributed by atoms with Crippen LogP contribution in [0.1, 0.15) is 24.5 Å². The zero-order valence-corrected chi connectivity index (χ0v) is 7.74. The number of hydrogen-bond donors (Lipinski definition) is 1. The van der Waals surface area contributed by atoms with Crippen LogP contribution in [0.15, 0.2) is 29.6 Å². The van der Waals surface area contributed by atoms with E-state index in [1.54, 1.807) is 24.5 Å². The summed E-state index contributed by atoms with van der Waals surface area (Å²) in [7, 11) is 0. The number of aliphatic hydroxyl groups excluding tert-OH is 1. The zero-order valence-electron chi connectivity index (χ0n) is 7.74. The maximum Gasteiger partial charge on any atom is 0.0791 e. The lowest BCUT2D eigenvalue weighted by molar-refractivity contribution is 0.165. The quantitative estimate of drug-likeness (QED) is 0.336. The number of aliphatic hydroxyl groups is 1. The van der Waals surface area contributed by atoms with Gasteiger partial charge in [-0.2, -0.15) is 0 Å². The van der Waals surface area contributed by atoms with Crippen molar-refractivity contribution in [3.05, 3.63) is 40.5 Å². The summed E-state index contributed by atoms with van der Waals surface area (Å²) in [6.45, 7) is 0.429. The van der Waals surface area contributed by atoms with Gasteiger partial charge in [0.15, 0.2) is 0 Å². The summed E-state index contributed by atoms with van der Waals surface area (Å²) in [6, 6.07) is 3.55. The summed E-state index contributed by atoms with van der Waals surface area (Å²) in [4.78, 5) is 6.50. The zero-order chi connectivity index (χ0) is 10.2. The van der Waals surface area contributed by atoms with Gasteiger partial charge in [0.25, 0.3) is 0 Å². The molecule has 1 rings (SSSR count). The predicted molar refractivity (Wildman–Crippen MR) is 52.4 cm³/mol. The van der Waals surface area contributed by atoms with Crippen molar-refractivity contribution < 1.29 is 5.11 Å². The van der Waals surface area contributed by atoms with E-state index in [4.69, 9.17) is 5.53 Å². The van der Waals surface area contributed by atoms with Gasteiger partial charge in [0.2, 0.25) is 0 Å². The van der Waals surface area contributed by atoms with Crippen molar-refractivity contribution >= 4 is 0 Å². The Morgan fingerprint density at radius 1 is 1.50 bits per heavy atom. The summed E-state index contributed by atoms with van der Waals surface area (Å²) in [5.74, 6) is 0. The first-order valence-electron chi connectivity index (χ1n) is 4.43. The lowest BCUT2D eigenvalue weighted by Gasteiger charge is -2.08. The Morgan fingerprint density at radius 3 is 2.86 bits per heavy atom. The maximum absolute atomic E-state index is 9.66. The van der Waals surface area contributed by atoms with Gasteiger partial charge < -0.3 is 5.11 Å². The molecule has 14 heavy (non-hydrogen) atoms. The standard InChI is InChI=1S/C9H12N4O/c10-13-12-5-1-2-9(14)8-3-6-11-7-4-8/h3-4,6-7,9,14H,1-2,5H2. The Balaban J connectivity index is 2.35. The minimum absolute atomic E-state index is 0.429. The fourth-order valence-electron chi connectivity index (χ4n) is 1.15. The molecule has 5 heteroatoms. The molecule has 0 bridgehead atoms. The Kier molecular flexibility index (Phi) is 4.47. The average Bonchev–Trinajstić information content (AvgIpc) is 2.25. The highest BCUT2D eigenvalue weighted by Gasteiger charge is 2.05. The van der Waals surface area contributed by atoms with Gasteiger partial charge in [0, 0.05) is 23.9 Å². The molecule has 5 nitrogen and oxygen atoms in total. The molecule has 0 aliphatic heterocycles. The van der Waals surface area contributed by atoms with Gasteiger partial charge in [0.05, 0.1) is 6.10 Å². The van der Waals surface area contributed by atoms with Gasteiger partial charge in [-0.05, 0) is 36.1 Å².